The molecule has 0 amide bonds. The van der Waals surface area contributed by atoms with Crippen molar-refractivity contribution in [3.8, 4) is 11.4 Å². The number of aromatic nitrogens is 2. The van der Waals surface area contributed by atoms with Crippen LogP contribution in [0.1, 0.15) is 55.9 Å². The molecule has 0 unspecified atom stereocenters. The summed E-state index contributed by atoms with van der Waals surface area (Å²) in [6, 6.07) is 8.03. The first-order chi connectivity index (χ1) is 9.86. The molecular formula is C16H21N3O. The van der Waals surface area contributed by atoms with Crippen LogP contribution in [0.15, 0.2) is 28.8 Å². The van der Waals surface area contributed by atoms with E-state index in [9.17, 15) is 0 Å². The van der Waals surface area contributed by atoms with E-state index in [1.54, 1.807) is 0 Å². The molecule has 1 aliphatic carbocycles. The Morgan fingerprint density at radius 2 is 1.75 bits per heavy atom. The lowest BCUT2D eigenvalue weighted by atomic mass is 10.0. The number of benzene rings is 1. The predicted molar refractivity (Wildman–Crippen MR) is 78.1 cm³/mol. The van der Waals surface area contributed by atoms with E-state index in [0.717, 1.165) is 17.0 Å². The molecule has 0 radical (unpaired) electrons. The van der Waals surface area contributed by atoms with E-state index >= 15 is 0 Å². The van der Waals surface area contributed by atoms with Gasteiger partial charge < -0.3 is 10.3 Å². The zero-order valence-electron chi connectivity index (χ0n) is 11.7. The second-order valence-corrected chi connectivity index (χ2v) is 5.55. The van der Waals surface area contributed by atoms with Crippen LogP contribution in [-0.4, -0.2) is 10.1 Å². The molecule has 1 saturated carbocycles. The van der Waals surface area contributed by atoms with E-state index in [-0.39, 0.29) is 0 Å². The molecule has 4 heteroatoms. The lowest BCUT2D eigenvalue weighted by molar-refractivity contribution is 0.341. The SMILES string of the molecule is NCc1ccc(-c2noc(C3CCCCCC3)n2)cc1. The Morgan fingerprint density at radius 3 is 2.40 bits per heavy atom. The van der Waals surface area contributed by atoms with Gasteiger partial charge in [0.05, 0.1) is 0 Å². The van der Waals surface area contributed by atoms with Gasteiger partial charge in [0.1, 0.15) is 0 Å². The first kappa shape index (κ1) is 13.3. The molecule has 1 aliphatic rings. The lowest BCUT2D eigenvalue weighted by Gasteiger charge is -2.06. The van der Waals surface area contributed by atoms with Crippen LogP contribution in [0.2, 0.25) is 0 Å². The molecule has 0 spiro atoms. The molecule has 2 aromatic rings. The highest BCUT2D eigenvalue weighted by molar-refractivity contribution is 5.54. The van der Waals surface area contributed by atoms with Gasteiger partial charge in [-0.05, 0) is 18.4 Å². The summed E-state index contributed by atoms with van der Waals surface area (Å²) in [5.41, 5.74) is 7.71. The highest BCUT2D eigenvalue weighted by Gasteiger charge is 2.20. The maximum Gasteiger partial charge on any atom is 0.230 e. The minimum Gasteiger partial charge on any atom is -0.339 e. The summed E-state index contributed by atoms with van der Waals surface area (Å²) >= 11 is 0. The van der Waals surface area contributed by atoms with E-state index in [0.29, 0.717) is 18.3 Å². The third-order valence-electron chi connectivity index (χ3n) is 4.09. The molecular weight excluding hydrogens is 250 g/mol. The number of hydrogen-bond acceptors (Lipinski definition) is 4. The molecule has 2 N–H and O–H groups in total. The van der Waals surface area contributed by atoms with E-state index in [1.807, 2.05) is 24.3 Å². The average Bonchev–Trinajstić information content (AvgIpc) is 2.83. The molecule has 1 aromatic carbocycles. The third kappa shape index (κ3) is 2.90. The van der Waals surface area contributed by atoms with Gasteiger partial charge in [-0.15, -0.1) is 0 Å². The molecule has 0 aliphatic heterocycles. The minimum atomic E-state index is 0.446. The number of nitrogens with zero attached hydrogens (tertiary/aromatic N) is 2. The van der Waals surface area contributed by atoms with Crippen molar-refractivity contribution in [1.29, 1.82) is 0 Å². The van der Waals surface area contributed by atoms with Gasteiger partial charge in [-0.3, -0.25) is 0 Å². The van der Waals surface area contributed by atoms with E-state index in [2.05, 4.69) is 10.1 Å². The first-order valence-corrected chi connectivity index (χ1v) is 7.50. The fourth-order valence-electron chi connectivity index (χ4n) is 2.83. The van der Waals surface area contributed by atoms with Gasteiger partial charge in [0, 0.05) is 18.0 Å². The Labute approximate surface area is 119 Å². The summed E-state index contributed by atoms with van der Waals surface area (Å²) in [6.45, 7) is 0.555. The Bertz CT molecular complexity index is 539. The van der Waals surface area contributed by atoms with Gasteiger partial charge in [0.25, 0.3) is 0 Å². The maximum atomic E-state index is 5.61. The summed E-state index contributed by atoms with van der Waals surface area (Å²) in [6.07, 6.45) is 7.55. The summed E-state index contributed by atoms with van der Waals surface area (Å²) in [5, 5.41) is 4.13. The summed E-state index contributed by atoms with van der Waals surface area (Å²) in [5.74, 6) is 1.94. The topological polar surface area (TPSA) is 64.9 Å². The maximum absolute atomic E-state index is 5.61. The number of nitrogens with two attached hydrogens (primary N) is 1. The fourth-order valence-corrected chi connectivity index (χ4v) is 2.83. The first-order valence-electron chi connectivity index (χ1n) is 7.50. The molecule has 20 heavy (non-hydrogen) atoms. The fraction of sp³-hybridized carbons (Fsp3) is 0.500. The normalized spacial score (nSPS) is 17.1. The number of hydrogen-bond donors (Lipinski definition) is 1. The van der Waals surface area contributed by atoms with E-state index in [1.165, 1.54) is 38.5 Å². The second-order valence-electron chi connectivity index (χ2n) is 5.55. The van der Waals surface area contributed by atoms with Crippen LogP contribution in [0.5, 0.6) is 0 Å². The Hall–Kier alpha value is -1.68. The molecule has 1 aromatic heterocycles. The van der Waals surface area contributed by atoms with Crippen LogP contribution in [0, 0.1) is 0 Å². The molecule has 0 saturated heterocycles. The molecule has 1 heterocycles. The van der Waals surface area contributed by atoms with Gasteiger partial charge in [0.2, 0.25) is 11.7 Å². The summed E-state index contributed by atoms with van der Waals surface area (Å²) in [4.78, 5) is 4.59. The monoisotopic (exact) mass is 271 g/mol. The lowest BCUT2D eigenvalue weighted by Crippen LogP contribution is -1.97. The van der Waals surface area contributed by atoms with Crippen molar-refractivity contribution < 1.29 is 4.52 Å². The molecule has 1 fully saturated rings. The van der Waals surface area contributed by atoms with Gasteiger partial charge >= 0.3 is 0 Å². The average molecular weight is 271 g/mol. The molecule has 3 rings (SSSR count). The van der Waals surface area contributed by atoms with Crippen molar-refractivity contribution in [3.05, 3.63) is 35.7 Å². The van der Waals surface area contributed by atoms with Crippen LogP contribution in [0.25, 0.3) is 11.4 Å². The Balaban J connectivity index is 1.78. The highest BCUT2D eigenvalue weighted by Crippen LogP contribution is 2.31. The molecule has 106 valence electrons. The van der Waals surface area contributed by atoms with E-state index in [4.69, 9.17) is 10.3 Å². The molecule has 4 nitrogen and oxygen atoms in total. The second kappa shape index (κ2) is 6.18. The zero-order valence-corrected chi connectivity index (χ0v) is 11.7. The van der Waals surface area contributed by atoms with Crippen LogP contribution in [0.4, 0.5) is 0 Å². The molecule has 0 atom stereocenters. The smallest absolute Gasteiger partial charge is 0.230 e. The standard InChI is InChI=1S/C16H21N3O/c17-11-12-7-9-13(10-8-12)15-18-16(20-19-15)14-5-3-1-2-4-6-14/h7-10,14H,1-6,11,17H2. The van der Waals surface area contributed by atoms with Crippen molar-refractivity contribution in [2.24, 2.45) is 5.73 Å². The van der Waals surface area contributed by atoms with Gasteiger partial charge in [0.15, 0.2) is 0 Å². The summed E-state index contributed by atoms with van der Waals surface area (Å²) in [7, 11) is 0. The minimum absolute atomic E-state index is 0.446. The number of rotatable bonds is 3. The van der Waals surface area contributed by atoms with Gasteiger partial charge in [-0.1, -0.05) is 55.1 Å². The summed E-state index contributed by atoms with van der Waals surface area (Å²) < 4.78 is 5.48. The quantitative estimate of drug-likeness (QED) is 0.866. The highest BCUT2D eigenvalue weighted by atomic mass is 16.5. The van der Waals surface area contributed by atoms with Crippen LogP contribution < -0.4 is 5.73 Å². The van der Waals surface area contributed by atoms with Crippen LogP contribution >= 0.6 is 0 Å². The predicted octanol–water partition coefficient (Wildman–Crippen LogP) is 3.63. The van der Waals surface area contributed by atoms with E-state index < -0.39 is 0 Å². The Morgan fingerprint density at radius 1 is 1.05 bits per heavy atom. The van der Waals surface area contributed by atoms with Crippen LogP contribution in [0.3, 0.4) is 0 Å². The van der Waals surface area contributed by atoms with Crippen molar-refractivity contribution in [2.45, 2.75) is 51.0 Å². The zero-order chi connectivity index (χ0) is 13.8. The van der Waals surface area contributed by atoms with Gasteiger partial charge in [-0.25, -0.2) is 0 Å². The van der Waals surface area contributed by atoms with Gasteiger partial charge in [-0.2, -0.15) is 4.98 Å². The van der Waals surface area contributed by atoms with Crippen molar-refractivity contribution in [1.82, 2.24) is 10.1 Å². The van der Waals surface area contributed by atoms with Crippen LogP contribution in [-0.2, 0) is 6.54 Å². The third-order valence-corrected chi connectivity index (χ3v) is 4.09. The van der Waals surface area contributed by atoms with Crippen molar-refractivity contribution in [2.75, 3.05) is 0 Å². The van der Waals surface area contributed by atoms with Crippen molar-refractivity contribution in [3.63, 3.8) is 0 Å². The largest absolute Gasteiger partial charge is 0.339 e. The molecule has 0 bridgehead atoms. The van der Waals surface area contributed by atoms with Crippen molar-refractivity contribution >= 4 is 0 Å². The Kier molecular flexibility index (Phi) is 4.11.